The van der Waals surface area contributed by atoms with Crippen LogP contribution in [0.15, 0.2) is 112 Å². The molecular formula is C34H22ClN3O4. The van der Waals surface area contributed by atoms with Gasteiger partial charge in [0.05, 0.1) is 22.3 Å². The van der Waals surface area contributed by atoms with Crippen LogP contribution in [0.5, 0.6) is 11.5 Å². The van der Waals surface area contributed by atoms with Gasteiger partial charge in [0.2, 0.25) is 0 Å². The number of hydrogen-bond acceptors (Lipinski definition) is 6. The number of benzene rings is 4. The Bertz CT molecular complexity index is 2200. The number of hydrogen-bond donors (Lipinski definition) is 2. The van der Waals surface area contributed by atoms with Gasteiger partial charge < -0.3 is 14.6 Å². The molecule has 0 saturated carbocycles. The number of halogens is 1. The number of phenolic OH excluding ortho intramolecular Hbond substituents is 2. The number of aryl methyl sites for hydroxylation is 1. The molecule has 7 rings (SSSR count). The molecular weight excluding hydrogens is 550 g/mol. The summed E-state index contributed by atoms with van der Waals surface area (Å²) < 4.78 is 7.58. The standard InChI is InChI=1S/C34H22ClN3O4/c1-19-7-13-24-30(15-19)42-34(41)31-25(17-28(36-33(24)31)26-16-21(35)10-14-29(26)40)27-18-38(22-5-3-2-4-6-22)37-32(27)20-8-11-23(39)12-9-20/h2-18,39-40H,1H3. The minimum atomic E-state index is -0.545. The third-order valence-corrected chi connectivity index (χ3v) is 7.45. The minimum absolute atomic E-state index is 0.000876. The van der Waals surface area contributed by atoms with Crippen molar-refractivity contribution in [1.82, 2.24) is 14.8 Å². The van der Waals surface area contributed by atoms with E-state index in [1.54, 1.807) is 53.2 Å². The highest BCUT2D eigenvalue weighted by molar-refractivity contribution is 6.31. The van der Waals surface area contributed by atoms with E-state index in [0.29, 0.717) is 49.6 Å². The van der Waals surface area contributed by atoms with Gasteiger partial charge in [-0.3, -0.25) is 0 Å². The van der Waals surface area contributed by atoms with Crippen molar-refractivity contribution in [2.75, 3.05) is 0 Å². The topological polar surface area (TPSA) is 101 Å². The Morgan fingerprint density at radius 2 is 1.62 bits per heavy atom. The zero-order valence-corrected chi connectivity index (χ0v) is 23.0. The zero-order chi connectivity index (χ0) is 29.0. The number of para-hydroxylation sites is 1. The Balaban J connectivity index is 1.62. The van der Waals surface area contributed by atoms with Crippen molar-refractivity contribution < 1.29 is 14.6 Å². The first-order valence-corrected chi connectivity index (χ1v) is 13.6. The van der Waals surface area contributed by atoms with E-state index < -0.39 is 5.63 Å². The molecule has 0 aliphatic carbocycles. The van der Waals surface area contributed by atoms with Gasteiger partial charge in [-0.2, -0.15) is 5.10 Å². The van der Waals surface area contributed by atoms with Crippen molar-refractivity contribution in [2.24, 2.45) is 0 Å². The average molecular weight is 572 g/mol. The number of nitrogens with zero attached hydrogens (tertiary/aromatic N) is 3. The van der Waals surface area contributed by atoms with Crippen molar-refractivity contribution in [2.45, 2.75) is 6.92 Å². The summed E-state index contributed by atoms with van der Waals surface area (Å²) in [5.74, 6) is 0.123. The second-order valence-electron chi connectivity index (χ2n) is 10.0. The first-order valence-electron chi connectivity index (χ1n) is 13.2. The third-order valence-electron chi connectivity index (χ3n) is 7.22. The van der Waals surface area contributed by atoms with Crippen LogP contribution >= 0.6 is 11.6 Å². The largest absolute Gasteiger partial charge is 0.508 e. The molecule has 0 unspecified atom stereocenters. The lowest BCUT2D eigenvalue weighted by Crippen LogP contribution is -2.05. The Morgan fingerprint density at radius 1 is 0.833 bits per heavy atom. The van der Waals surface area contributed by atoms with Crippen LogP contribution in [0.2, 0.25) is 5.02 Å². The molecule has 0 spiro atoms. The molecule has 0 radical (unpaired) electrons. The van der Waals surface area contributed by atoms with Gasteiger partial charge in [0.15, 0.2) is 0 Å². The molecule has 4 aromatic carbocycles. The fourth-order valence-electron chi connectivity index (χ4n) is 5.19. The van der Waals surface area contributed by atoms with Crippen LogP contribution in [-0.4, -0.2) is 25.0 Å². The maximum Gasteiger partial charge on any atom is 0.346 e. The van der Waals surface area contributed by atoms with E-state index in [-0.39, 0.29) is 16.9 Å². The van der Waals surface area contributed by atoms with E-state index >= 15 is 0 Å². The number of fused-ring (bicyclic) bond motifs is 3. The molecule has 42 heavy (non-hydrogen) atoms. The molecule has 0 saturated heterocycles. The summed E-state index contributed by atoms with van der Waals surface area (Å²) >= 11 is 6.33. The minimum Gasteiger partial charge on any atom is -0.508 e. The average Bonchev–Trinajstić information content (AvgIpc) is 3.44. The lowest BCUT2D eigenvalue weighted by molar-refractivity contribution is 0.475. The summed E-state index contributed by atoms with van der Waals surface area (Å²) in [7, 11) is 0. The normalized spacial score (nSPS) is 11.4. The van der Waals surface area contributed by atoms with Crippen LogP contribution < -0.4 is 5.63 Å². The Labute approximate surface area is 244 Å². The van der Waals surface area contributed by atoms with Gasteiger partial charge in [-0.1, -0.05) is 35.9 Å². The highest BCUT2D eigenvalue weighted by Gasteiger charge is 2.23. The number of phenols is 2. The molecule has 0 aliphatic rings. The molecule has 0 aliphatic heterocycles. The van der Waals surface area contributed by atoms with Crippen LogP contribution in [0.3, 0.4) is 0 Å². The van der Waals surface area contributed by atoms with Crippen molar-refractivity contribution in [3.8, 4) is 50.8 Å². The first-order chi connectivity index (χ1) is 20.4. The molecule has 0 amide bonds. The molecule has 3 aromatic heterocycles. The fourth-order valence-corrected chi connectivity index (χ4v) is 5.36. The molecule has 7 aromatic rings. The van der Waals surface area contributed by atoms with Crippen molar-refractivity contribution in [1.29, 1.82) is 0 Å². The van der Waals surface area contributed by atoms with E-state index in [2.05, 4.69) is 0 Å². The molecule has 204 valence electrons. The highest BCUT2D eigenvalue weighted by Crippen LogP contribution is 2.40. The van der Waals surface area contributed by atoms with E-state index in [1.165, 1.54) is 6.07 Å². The molecule has 3 heterocycles. The number of aromatic hydroxyl groups is 2. The van der Waals surface area contributed by atoms with Gasteiger partial charge >= 0.3 is 5.63 Å². The van der Waals surface area contributed by atoms with Gasteiger partial charge in [-0.25, -0.2) is 14.5 Å². The Hall–Kier alpha value is -5.40. The quantitative estimate of drug-likeness (QED) is 0.164. The summed E-state index contributed by atoms with van der Waals surface area (Å²) in [5.41, 5.74) is 5.37. The molecule has 8 heteroatoms. The second-order valence-corrected chi connectivity index (χ2v) is 10.5. The van der Waals surface area contributed by atoms with Crippen LogP contribution in [-0.2, 0) is 0 Å². The van der Waals surface area contributed by atoms with Crippen LogP contribution in [0.4, 0.5) is 0 Å². The molecule has 0 atom stereocenters. The highest BCUT2D eigenvalue weighted by atomic mass is 35.5. The van der Waals surface area contributed by atoms with Gasteiger partial charge in [0, 0.05) is 38.9 Å². The molecule has 7 nitrogen and oxygen atoms in total. The molecule has 0 fully saturated rings. The summed E-state index contributed by atoms with van der Waals surface area (Å²) in [6, 6.07) is 28.5. The predicted molar refractivity (Wildman–Crippen MR) is 164 cm³/mol. The van der Waals surface area contributed by atoms with E-state index in [0.717, 1.165) is 16.8 Å². The smallest absolute Gasteiger partial charge is 0.346 e. The van der Waals surface area contributed by atoms with Gasteiger partial charge in [-0.05, 0) is 85.3 Å². The van der Waals surface area contributed by atoms with Crippen LogP contribution in [0.1, 0.15) is 5.56 Å². The third kappa shape index (κ3) is 4.36. The zero-order valence-electron chi connectivity index (χ0n) is 22.2. The van der Waals surface area contributed by atoms with E-state index in [9.17, 15) is 15.0 Å². The summed E-state index contributed by atoms with van der Waals surface area (Å²) in [5, 5.41) is 27.1. The van der Waals surface area contributed by atoms with Gasteiger partial charge in [-0.15, -0.1) is 0 Å². The summed E-state index contributed by atoms with van der Waals surface area (Å²) in [6.45, 7) is 1.92. The van der Waals surface area contributed by atoms with Gasteiger partial charge in [0.25, 0.3) is 0 Å². The fraction of sp³-hybridized carbons (Fsp3) is 0.0294. The number of pyridine rings is 1. The number of aromatic nitrogens is 3. The van der Waals surface area contributed by atoms with Gasteiger partial charge in [0.1, 0.15) is 22.8 Å². The van der Waals surface area contributed by atoms with E-state index in [1.807, 2.05) is 55.6 Å². The maximum absolute atomic E-state index is 13.7. The Kier molecular flexibility index (Phi) is 6.03. The SMILES string of the molecule is Cc1ccc2c(c1)oc(=O)c1c(-c3cn(-c4ccccc4)nc3-c3ccc(O)cc3)cc(-c3cc(Cl)ccc3O)nc12. The predicted octanol–water partition coefficient (Wildman–Crippen LogP) is 7.90. The van der Waals surface area contributed by atoms with Crippen LogP contribution in [0.25, 0.3) is 61.2 Å². The maximum atomic E-state index is 13.7. The Morgan fingerprint density at radius 3 is 2.40 bits per heavy atom. The van der Waals surface area contributed by atoms with Crippen molar-refractivity contribution >= 4 is 33.5 Å². The van der Waals surface area contributed by atoms with Crippen LogP contribution in [0, 0.1) is 6.92 Å². The number of rotatable bonds is 4. The monoisotopic (exact) mass is 571 g/mol. The van der Waals surface area contributed by atoms with Crippen molar-refractivity contribution in [3.05, 3.63) is 124 Å². The first kappa shape index (κ1) is 25.6. The van der Waals surface area contributed by atoms with E-state index in [4.69, 9.17) is 26.1 Å². The molecule has 2 N–H and O–H groups in total. The molecule has 0 bridgehead atoms. The summed E-state index contributed by atoms with van der Waals surface area (Å²) in [6.07, 6.45) is 1.85. The van der Waals surface area contributed by atoms with Crippen molar-refractivity contribution in [3.63, 3.8) is 0 Å². The lowest BCUT2D eigenvalue weighted by atomic mass is 9.96. The lowest BCUT2D eigenvalue weighted by Gasteiger charge is -2.12. The summed E-state index contributed by atoms with van der Waals surface area (Å²) in [4.78, 5) is 18.6. The second kappa shape index (κ2) is 9.90.